The molecule has 86 valence electrons. The van der Waals surface area contributed by atoms with Crippen molar-refractivity contribution >= 4 is 13.3 Å². The summed E-state index contributed by atoms with van der Waals surface area (Å²) in [4.78, 5) is 0. The fourth-order valence-electron chi connectivity index (χ4n) is 0.482. The van der Waals surface area contributed by atoms with E-state index >= 15 is 0 Å². The Morgan fingerprint density at radius 2 is 0.714 bits per heavy atom. The fourth-order valence-corrected chi connectivity index (χ4v) is 2.51. The molecule has 0 aromatic carbocycles. The Kier molecular flexibility index (Phi) is 3.18. The summed E-state index contributed by atoms with van der Waals surface area (Å²) in [5, 5.41) is -18.7. The SMILES string of the molecule is [CH3][Ge]([C](F)(F)F)([C](F)(F)F)[C](F)(F)F. The first-order valence-electron chi connectivity index (χ1n) is 2.95. The summed E-state index contributed by atoms with van der Waals surface area (Å²) in [6.45, 7) is 0. The molecular weight excluding hydrogens is 292 g/mol. The van der Waals surface area contributed by atoms with Crippen molar-refractivity contribution in [2.75, 3.05) is 0 Å². The molecule has 14 heavy (non-hydrogen) atoms. The topological polar surface area (TPSA) is 0 Å². The quantitative estimate of drug-likeness (QED) is 0.475. The molecule has 0 heterocycles. The summed E-state index contributed by atoms with van der Waals surface area (Å²) in [7, 11) is 0. The number of rotatable bonds is 0. The molecule has 0 fully saturated rings. The Labute approximate surface area is 74.4 Å². The maximum atomic E-state index is 11.7. The zero-order valence-electron chi connectivity index (χ0n) is 6.40. The minimum absolute atomic E-state index is 0.750. The van der Waals surface area contributed by atoms with E-state index in [1.54, 1.807) is 0 Å². The summed E-state index contributed by atoms with van der Waals surface area (Å²) in [6.07, 6.45) is 0. The fraction of sp³-hybridized carbons (Fsp3) is 1.00. The number of hydrogen-bond donors (Lipinski definition) is 0. The van der Waals surface area contributed by atoms with E-state index in [0.717, 1.165) is 0 Å². The molecule has 0 rings (SSSR count). The molecule has 0 atom stereocenters. The van der Waals surface area contributed by atoms with Gasteiger partial charge in [0.1, 0.15) is 0 Å². The number of hydrogen-bond acceptors (Lipinski definition) is 0. The Hall–Kier alpha value is -0.0871. The van der Waals surface area contributed by atoms with E-state index in [1.165, 1.54) is 0 Å². The van der Waals surface area contributed by atoms with E-state index in [2.05, 4.69) is 0 Å². The van der Waals surface area contributed by atoms with Crippen molar-refractivity contribution in [2.24, 2.45) is 0 Å². The van der Waals surface area contributed by atoms with Gasteiger partial charge in [-0.3, -0.25) is 0 Å². The summed E-state index contributed by atoms with van der Waals surface area (Å²) in [5.41, 5.74) is 0. The van der Waals surface area contributed by atoms with Crippen molar-refractivity contribution in [3.8, 4) is 0 Å². The van der Waals surface area contributed by atoms with Crippen LogP contribution in [0.1, 0.15) is 0 Å². The second kappa shape index (κ2) is 3.20. The van der Waals surface area contributed by atoms with E-state index < -0.39 is 34.0 Å². The summed E-state index contributed by atoms with van der Waals surface area (Å²) < 4.78 is 106. The third-order valence-corrected chi connectivity index (χ3v) is 8.84. The van der Waals surface area contributed by atoms with Crippen molar-refractivity contribution in [3.05, 3.63) is 0 Å². The Morgan fingerprint density at radius 3 is 0.714 bits per heavy atom. The van der Waals surface area contributed by atoms with Crippen LogP contribution in [0.4, 0.5) is 39.5 Å². The van der Waals surface area contributed by atoms with Gasteiger partial charge in [-0.25, -0.2) is 0 Å². The second-order valence-corrected chi connectivity index (χ2v) is 10.9. The second-order valence-electron chi connectivity index (χ2n) is 2.62. The molecule has 0 aliphatic rings. The van der Waals surface area contributed by atoms with Gasteiger partial charge in [0.05, 0.1) is 0 Å². The molecule has 0 radical (unpaired) electrons. The molecule has 0 aromatic heterocycles. The van der Waals surface area contributed by atoms with Gasteiger partial charge < -0.3 is 0 Å². The van der Waals surface area contributed by atoms with Crippen LogP contribution in [0.2, 0.25) is 5.76 Å². The average molecular weight is 295 g/mol. The van der Waals surface area contributed by atoms with Crippen molar-refractivity contribution in [3.63, 3.8) is 0 Å². The van der Waals surface area contributed by atoms with Gasteiger partial charge in [-0.1, -0.05) is 0 Å². The van der Waals surface area contributed by atoms with Crippen molar-refractivity contribution in [2.45, 2.75) is 20.8 Å². The van der Waals surface area contributed by atoms with Crippen molar-refractivity contribution < 1.29 is 39.5 Å². The molecule has 0 N–H and O–H groups in total. The third-order valence-electron chi connectivity index (χ3n) is 1.70. The van der Waals surface area contributed by atoms with E-state index in [0.29, 0.717) is 0 Å². The summed E-state index contributed by atoms with van der Waals surface area (Å²) in [5.74, 6) is -0.750. The van der Waals surface area contributed by atoms with Crippen LogP contribution >= 0.6 is 0 Å². The molecule has 0 aliphatic heterocycles. The first-order chi connectivity index (χ1) is 5.75. The molecule has 0 saturated heterocycles. The van der Waals surface area contributed by atoms with E-state index in [9.17, 15) is 39.5 Å². The first-order valence-corrected chi connectivity index (χ1v) is 8.20. The van der Waals surface area contributed by atoms with Gasteiger partial charge in [0.2, 0.25) is 0 Å². The Bertz CT molecular complexity index is 170. The molecule has 0 unspecified atom stereocenters. The molecule has 0 amide bonds. The van der Waals surface area contributed by atoms with Crippen molar-refractivity contribution in [1.29, 1.82) is 0 Å². The van der Waals surface area contributed by atoms with Gasteiger partial charge in [-0.2, -0.15) is 0 Å². The molecule has 0 nitrogen and oxygen atoms in total. The third kappa shape index (κ3) is 1.96. The zero-order valence-corrected chi connectivity index (χ0v) is 8.50. The van der Waals surface area contributed by atoms with Gasteiger partial charge in [0, 0.05) is 0 Å². The molecule has 0 saturated carbocycles. The Morgan fingerprint density at radius 1 is 0.571 bits per heavy atom. The first kappa shape index (κ1) is 13.9. The van der Waals surface area contributed by atoms with Crippen LogP contribution in [0.15, 0.2) is 0 Å². The van der Waals surface area contributed by atoms with E-state index in [-0.39, 0.29) is 0 Å². The van der Waals surface area contributed by atoms with Crippen LogP contribution in [-0.2, 0) is 0 Å². The van der Waals surface area contributed by atoms with E-state index in [4.69, 9.17) is 0 Å². The maximum absolute atomic E-state index is 11.7. The summed E-state index contributed by atoms with van der Waals surface area (Å²) >= 11 is -7.94. The molecule has 0 bridgehead atoms. The molecule has 0 aliphatic carbocycles. The Balaban J connectivity index is 5.54. The molecular formula is C4H3F9Ge. The average Bonchev–Trinajstić information content (AvgIpc) is 1.77. The zero-order chi connectivity index (χ0) is 12.0. The minimum atomic E-state index is -7.94. The van der Waals surface area contributed by atoms with Crippen LogP contribution in [0.5, 0.6) is 0 Å². The predicted molar refractivity (Wildman–Crippen MR) is 29.8 cm³/mol. The normalized spacial score (nSPS) is 15.9. The summed E-state index contributed by atoms with van der Waals surface area (Å²) in [6, 6.07) is 0. The van der Waals surface area contributed by atoms with Gasteiger partial charge in [-0.05, 0) is 0 Å². The van der Waals surface area contributed by atoms with Gasteiger partial charge in [0.25, 0.3) is 0 Å². The number of halogens is 9. The van der Waals surface area contributed by atoms with Crippen LogP contribution in [-0.4, -0.2) is 28.3 Å². The van der Waals surface area contributed by atoms with Crippen molar-refractivity contribution in [1.82, 2.24) is 0 Å². The molecule has 10 heteroatoms. The molecule has 0 spiro atoms. The van der Waals surface area contributed by atoms with Gasteiger partial charge >= 0.3 is 73.6 Å². The predicted octanol–water partition coefficient (Wildman–Crippen LogP) is 3.37. The van der Waals surface area contributed by atoms with Crippen LogP contribution in [0, 0.1) is 0 Å². The number of alkyl halides is 9. The van der Waals surface area contributed by atoms with Gasteiger partial charge in [0.15, 0.2) is 0 Å². The monoisotopic (exact) mass is 296 g/mol. The van der Waals surface area contributed by atoms with Crippen LogP contribution < -0.4 is 0 Å². The van der Waals surface area contributed by atoms with Crippen LogP contribution in [0.3, 0.4) is 0 Å². The van der Waals surface area contributed by atoms with Crippen LogP contribution in [0.25, 0.3) is 0 Å². The van der Waals surface area contributed by atoms with E-state index in [1.807, 2.05) is 0 Å². The standard InChI is InChI=1S/C4H3F9Ge/c1-14(2(5,6)7,3(8,9)10)4(11,12)13/h1H3. The van der Waals surface area contributed by atoms with Gasteiger partial charge in [-0.15, -0.1) is 0 Å². The molecule has 0 aromatic rings.